The van der Waals surface area contributed by atoms with E-state index in [9.17, 15) is 9.90 Å². The molecule has 2 aliphatic rings. The number of nitrogens with zero attached hydrogens (tertiary/aromatic N) is 4. The zero-order chi connectivity index (χ0) is 26.4. The number of ether oxygens (including phenoxy) is 1. The highest BCUT2D eigenvalue weighted by Gasteiger charge is 2.41. The van der Waals surface area contributed by atoms with Gasteiger partial charge in [-0.05, 0) is 43.9 Å². The molecule has 2 atom stereocenters. The largest absolute Gasteiger partial charge is 0.477 e. The highest BCUT2D eigenvalue weighted by molar-refractivity contribution is 5.81. The first-order chi connectivity index (χ1) is 18.5. The summed E-state index contributed by atoms with van der Waals surface area (Å²) in [6.07, 6.45) is 3.95. The number of para-hydroxylation sites is 1. The third-order valence-corrected chi connectivity index (χ3v) is 7.83. The third kappa shape index (κ3) is 6.25. The van der Waals surface area contributed by atoms with Crippen LogP contribution >= 0.6 is 0 Å². The Labute approximate surface area is 224 Å². The van der Waals surface area contributed by atoms with E-state index in [1.807, 2.05) is 43.3 Å². The van der Waals surface area contributed by atoms with Gasteiger partial charge in [0.2, 0.25) is 17.7 Å². The number of aromatic nitrogens is 2. The molecule has 8 nitrogen and oxygen atoms in total. The molecule has 0 spiro atoms. The smallest absolute Gasteiger partial charge is 0.249 e. The van der Waals surface area contributed by atoms with Gasteiger partial charge in [-0.2, -0.15) is 4.98 Å². The Morgan fingerprint density at radius 3 is 2.32 bits per heavy atom. The molecule has 1 aliphatic carbocycles. The van der Waals surface area contributed by atoms with Crippen molar-refractivity contribution >= 4 is 17.5 Å². The van der Waals surface area contributed by atoms with Gasteiger partial charge in [-0.1, -0.05) is 55.0 Å². The summed E-state index contributed by atoms with van der Waals surface area (Å²) in [5.41, 5.74) is 2.02. The van der Waals surface area contributed by atoms with Crippen molar-refractivity contribution in [1.82, 2.24) is 15.3 Å². The van der Waals surface area contributed by atoms with E-state index >= 15 is 0 Å². The fourth-order valence-electron chi connectivity index (χ4n) is 5.32. The molecule has 2 N–H and O–H groups in total. The molecule has 1 saturated carbocycles. The number of aliphatic hydroxyl groups excluding tert-OH is 1. The molecule has 2 fully saturated rings. The van der Waals surface area contributed by atoms with Crippen LogP contribution in [-0.2, 0) is 4.79 Å². The Bertz CT molecular complexity index is 1180. The minimum Gasteiger partial charge on any atom is -0.477 e. The van der Waals surface area contributed by atoms with Crippen molar-refractivity contribution in [3.63, 3.8) is 0 Å². The van der Waals surface area contributed by atoms with Gasteiger partial charge >= 0.3 is 0 Å². The zero-order valence-corrected chi connectivity index (χ0v) is 22.0. The van der Waals surface area contributed by atoms with E-state index in [0.29, 0.717) is 24.9 Å². The number of hydrogen-bond donors (Lipinski definition) is 2. The number of amides is 1. The van der Waals surface area contributed by atoms with E-state index in [4.69, 9.17) is 4.74 Å². The summed E-state index contributed by atoms with van der Waals surface area (Å²) in [5.74, 6) is 0.863. The average molecular weight is 516 g/mol. The van der Waals surface area contributed by atoms with Gasteiger partial charge in [-0.25, -0.2) is 4.98 Å². The second-order valence-electron chi connectivity index (χ2n) is 10.5. The molecule has 38 heavy (non-hydrogen) atoms. The fourth-order valence-corrected chi connectivity index (χ4v) is 5.32. The highest BCUT2D eigenvalue weighted by atomic mass is 16.5. The topological polar surface area (TPSA) is 90.8 Å². The summed E-state index contributed by atoms with van der Waals surface area (Å²) in [6, 6.07) is 21.8. The molecule has 3 aromatic rings. The molecular weight excluding hydrogens is 478 g/mol. The number of carbonyl (C=O) groups excluding carboxylic acids is 1. The van der Waals surface area contributed by atoms with Crippen LogP contribution in [0.25, 0.3) is 0 Å². The number of piperazine rings is 1. The highest BCUT2D eigenvalue weighted by Crippen LogP contribution is 2.45. The van der Waals surface area contributed by atoms with Gasteiger partial charge in [0.1, 0.15) is 6.10 Å². The molecule has 8 heteroatoms. The number of nitrogens with one attached hydrogen (secondary N) is 1. The summed E-state index contributed by atoms with van der Waals surface area (Å²) >= 11 is 0. The minimum absolute atomic E-state index is 0.166. The lowest BCUT2D eigenvalue weighted by molar-refractivity contribution is -0.133. The molecule has 1 saturated heterocycles. The van der Waals surface area contributed by atoms with E-state index in [1.165, 1.54) is 5.69 Å². The summed E-state index contributed by atoms with van der Waals surface area (Å²) in [4.78, 5) is 26.4. The number of benzene rings is 2. The number of anilines is 2. The second-order valence-corrected chi connectivity index (χ2v) is 10.5. The van der Waals surface area contributed by atoms with E-state index < -0.39 is 6.10 Å². The van der Waals surface area contributed by atoms with E-state index in [0.717, 1.165) is 51.0 Å². The summed E-state index contributed by atoms with van der Waals surface area (Å²) in [6.45, 7) is 5.84. The van der Waals surface area contributed by atoms with Crippen LogP contribution in [0.4, 0.5) is 11.6 Å². The van der Waals surface area contributed by atoms with Crippen LogP contribution in [0, 0.1) is 5.41 Å². The van der Waals surface area contributed by atoms with Crippen molar-refractivity contribution in [2.75, 3.05) is 42.6 Å². The van der Waals surface area contributed by atoms with Crippen molar-refractivity contribution in [3.05, 3.63) is 78.5 Å². The summed E-state index contributed by atoms with van der Waals surface area (Å²) in [7, 11) is 0. The number of rotatable bonds is 10. The lowest BCUT2D eigenvalue weighted by Crippen LogP contribution is -2.47. The van der Waals surface area contributed by atoms with Crippen molar-refractivity contribution in [2.24, 2.45) is 5.41 Å². The maximum atomic E-state index is 12.7. The van der Waals surface area contributed by atoms with E-state index in [-0.39, 0.29) is 17.4 Å². The normalized spacial score (nSPS) is 18.3. The molecular formula is C30H37N5O3. The van der Waals surface area contributed by atoms with Gasteiger partial charge in [-0.15, -0.1) is 0 Å². The lowest BCUT2D eigenvalue weighted by atomic mass is 9.66. The molecule has 5 rings (SSSR count). The molecule has 0 radical (unpaired) electrons. The first-order valence-corrected chi connectivity index (χ1v) is 13.6. The fraction of sp³-hybridized carbons (Fsp3) is 0.433. The summed E-state index contributed by atoms with van der Waals surface area (Å²) < 4.78 is 6.14. The molecule has 2 aromatic carbocycles. The van der Waals surface area contributed by atoms with Gasteiger partial charge in [0.25, 0.3) is 0 Å². The Hall–Kier alpha value is -3.65. The van der Waals surface area contributed by atoms with Gasteiger partial charge in [0.05, 0.1) is 12.6 Å². The average Bonchev–Trinajstić information content (AvgIpc) is 2.95. The lowest BCUT2D eigenvalue weighted by Gasteiger charge is -2.42. The molecule has 200 valence electrons. The Kier molecular flexibility index (Phi) is 8.08. The minimum atomic E-state index is -1.08. The van der Waals surface area contributed by atoms with Crippen LogP contribution < -0.4 is 19.9 Å². The number of aliphatic hydroxyl groups is 1. The monoisotopic (exact) mass is 515 g/mol. The quantitative estimate of drug-likeness (QED) is 0.422. The second kappa shape index (κ2) is 11.8. The first-order valence-electron chi connectivity index (χ1n) is 13.6. The van der Waals surface area contributed by atoms with Crippen molar-refractivity contribution in [2.45, 2.75) is 44.8 Å². The van der Waals surface area contributed by atoms with Crippen LogP contribution in [0.15, 0.2) is 72.9 Å². The molecule has 1 aromatic heterocycles. The Morgan fingerprint density at radius 2 is 1.66 bits per heavy atom. The van der Waals surface area contributed by atoms with E-state index in [1.54, 1.807) is 12.3 Å². The Morgan fingerprint density at radius 1 is 1.00 bits per heavy atom. The van der Waals surface area contributed by atoms with Crippen molar-refractivity contribution in [1.29, 1.82) is 0 Å². The first kappa shape index (κ1) is 26.0. The van der Waals surface area contributed by atoms with Crippen LogP contribution in [-0.4, -0.2) is 59.9 Å². The molecule has 2 heterocycles. The molecule has 1 aliphatic heterocycles. The van der Waals surface area contributed by atoms with Gasteiger partial charge < -0.3 is 25.0 Å². The predicted molar refractivity (Wildman–Crippen MR) is 148 cm³/mol. The van der Waals surface area contributed by atoms with Crippen LogP contribution in [0.1, 0.15) is 44.2 Å². The zero-order valence-electron chi connectivity index (χ0n) is 22.0. The molecule has 0 unspecified atom stereocenters. The number of carbonyl (C=O) groups is 1. The Balaban J connectivity index is 1.13. The number of hydrogen-bond acceptors (Lipinski definition) is 7. The molecule has 0 bridgehead atoms. The maximum Gasteiger partial charge on any atom is 0.249 e. The van der Waals surface area contributed by atoms with Crippen LogP contribution in [0.3, 0.4) is 0 Å². The van der Waals surface area contributed by atoms with E-state index in [2.05, 4.69) is 49.4 Å². The van der Waals surface area contributed by atoms with Gasteiger partial charge in [-0.3, -0.25) is 4.79 Å². The van der Waals surface area contributed by atoms with Crippen molar-refractivity contribution in [3.8, 4) is 5.88 Å². The van der Waals surface area contributed by atoms with Crippen molar-refractivity contribution < 1.29 is 14.6 Å². The molecule has 1 amide bonds. The maximum absolute atomic E-state index is 12.7. The van der Waals surface area contributed by atoms with Gasteiger partial charge in [0, 0.05) is 49.5 Å². The summed E-state index contributed by atoms with van der Waals surface area (Å²) in [5, 5.41) is 13.7. The SMILES string of the molecule is C[C@@H](NC(=O)[C@@H](O)CC1(COc2ccnc(N3CCN(c4ccccc4)CC3)n2)CCC1)c1ccccc1. The third-order valence-electron chi connectivity index (χ3n) is 7.83. The van der Waals surface area contributed by atoms with Gasteiger partial charge in [0.15, 0.2) is 0 Å². The standard InChI is InChI=1S/C30H37N5O3/c1-23(24-9-4-2-5-10-24)32-28(37)26(36)21-30(14-8-15-30)22-38-27-13-16-31-29(33-27)35-19-17-34(18-20-35)25-11-6-3-7-12-25/h2-7,9-13,16,23,26,36H,8,14-15,17-22H2,1H3,(H,32,37)/t23-,26+/m1/s1. The van der Waals surface area contributed by atoms with Crippen LogP contribution in [0.5, 0.6) is 5.88 Å². The van der Waals surface area contributed by atoms with Crippen LogP contribution in [0.2, 0.25) is 0 Å². The predicted octanol–water partition coefficient (Wildman–Crippen LogP) is 3.98.